The molecule has 43 heavy (non-hydrogen) atoms. The van der Waals surface area contributed by atoms with E-state index in [0.29, 0.717) is 22.4 Å². The van der Waals surface area contributed by atoms with Gasteiger partial charge in [0.25, 0.3) is 11.8 Å². The van der Waals surface area contributed by atoms with E-state index in [2.05, 4.69) is 29.8 Å². The first-order valence-corrected chi connectivity index (χ1v) is 14.9. The van der Waals surface area contributed by atoms with Crippen LogP contribution < -0.4 is 10.2 Å². The van der Waals surface area contributed by atoms with Crippen LogP contribution in [0.1, 0.15) is 82.4 Å². The number of esters is 1. The largest absolute Gasteiger partial charge is 0.466 e. The molecule has 10 heteroatoms. The number of hydrogen-bond acceptors (Lipinski definition) is 7. The summed E-state index contributed by atoms with van der Waals surface area (Å²) in [5.74, 6) is 4.90. The van der Waals surface area contributed by atoms with Crippen LogP contribution in [0.2, 0.25) is 0 Å². The third kappa shape index (κ3) is 8.77. The molecule has 0 aliphatic carbocycles. The number of benzene rings is 2. The summed E-state index contributed by atoms with van der Waals surface area (Å²) in [5, 5.41) is 2.14. The Hall–Kier alpha value is -3.97. The van der Waals surface area contributed by atoms with Gasteiger partial charge in [-0.25, -0.2) is 4.79 Å². The molecule has 3 atom stereocenters. The van der Waals surface area contributed by atoms with E-state index in [4.69, 9.17) is 9.47 Å². The number of carbonyl (C=O) groups excluding carboxylic acids is 4. The van der Waals surface area contributed by atoms with E-state index in [1.54, 1.807) is 57.7 Å². The van der Waals surface area contributed by atoms with Gasteiger partial charge in [-0.1, -0.05) is 42.2 Å². The van der Waals surface area contributed by atoms with Crippen LogP contribution >= 0.6 is 12.6 Å². The van der Waals surface area contributed by atoms with Gasteiger partial charge in [-0.15, -0.1) is 0 Å². The zero-order valence-electron chi connectivity index (χ0n) is 25.8. The number of amides is 3. The lowest BCUT2D eigenvalue weighted by atomic mass is 10.0. The van der Waals surface area contributed by atoms with Crippen molar-refractivity contribution in [2.24, 2.45) is 0 Å². The molecule has 0 radical (unpaired) electrons. The molecule has 0 saturated heterocycles. The molecule has 3 amide bonds. The maximum Gasteiger partial charge on any atom is 0.407 e. The van der Waals surface area contributed by atoms with E-state index in [1.807, 2.05) is 44.2 Å². The van der Waals surface area contributed by atoms with Crippen LogP contribution in [0.25, 0.3) is 0 Å². The molecule has 1 aliphatic heterocycles. The van der Waals surface area contributed by atoms with Gasteiger partial charge in [0.05, 0.1) is 29.5 Å². The summed E-state index contributed by atoms with van der Waals surface area (Å²) in [4.78, 5) is 56.2. The molecule has 1 aliphatic rings. The van der Waals surface area contributed by atoms with Gasteiger partial charge in [-0.2, -0.15) is 12.6 Å². The van der Waals surface area contributed by atoms with E-state index in [1.165, 1.54) is 4.90 Å². The maximum absolute atomic E-state index is 14.4. The fourth-order valence-electron chi connectivity index (χ4n) is 4.82. The van der Waals surface area contributed by atoms with E-state index < -0.39 is 40.9 Å². The smallest absolute Gasteiger partial charge is 0.407 e. The molecule has 2 aromatic rings. The van der Waals surface area contributed by atoms with E-state index in [0.717, 1.165) is 0 Å². The predicted molar refractivity (Wildman–Crippen MR) is 169 cm³/mol. The second kappa shape index (κ2) is 14.5. The highest BCUT2D eigenvalue weighted by Gasteiger charge is 2.43. The number of nitrogens with zero attached hydrogens (tertiary/aromatic N) is 2. The number of ether oxygens (including phenoxy) is 2. The number of rotatable bonds is 8. The van der Waals surface area contributed by atoms with Gasteiger partial charge in [0.2, 0.25) is 0 Å². The monoisotopic (exact) mass is 607 g/mol. The standard InChI is InChI=1S/C33H41N3O6S/c1-8-41-28(37)18-22(4)36-29(24-12-10-9-11-13-24)31(39)35(21(2)3)27-17-15-23(19-26(27)30(36)38)14-16-25(43)20-34-32(40)42-33(5,6)7/h9-13,15,17,19,21-22,25,29,43H,8,18,20H2,1-7H3,(H,34,40). The number of alkyl carbamates (subject to hydrolysis) is 1. The van der Waals surface area contributed by atoms with Crippen molar-refractivity contribution >= 4 is 42.2 Å². The summed E-state index contributed by atoms with van der Waals surface area (Å²) in [6, 6.07) is 12.4. The van der Waals surface area contributed by atoms with Crippen LogP contribution in [0.4, 0.5) is 10.5 Å². The third-order valence-electron chi connectivity index (χ3n) is 6.57. The molecule has 2 aromatic carbocycles. The molecule has 0 aromatic heterocycles. The number of hydrogen-bond donors (Lipinski definition) is 2. The highest BCUT2D eigenvalue weighted by molar-refractivity contribution is 7.81. The molecule has 1 N–H and O–H groups in total. The molecule has 230 valence electrons. The summed E-state index contributed by atoms with van der Waals surface area (Å²) in [6.45, 7) is 12.9. The quantitative estimate of drug-likeness (QED) is 0.245. The highest BCUT2D eigenvalue weighted by Crippen LogP contribution is 2.38. The van der Waals surface area contributed by atoms with Crippen molar-refractivity contribution in [3.63, 3.8) is 0 Å². The van der Waals surface area contributed by atoms with Crippen LogP contribution in [0.3, 0.4) is 0 Å². The minimum Gasteiger partial charge on any atom is -0.466 e. The van der Waals surface area contributed by atoms with E-state index in [-0.39, 0.29) is 31.5 Å². The lowest BCUT2D eigenvalue weighted by molar-refractivity contribution is -0.144. The number of nitrogens with one attached hydrogen (secondary N) is 1. The van der Waals surface area contributed by atoms with Crippen LogP contribution in [-0.2, 0) is 19.1 Å². The lowest BCUT2D eigenvalue weighted by Gasteiger charge is -2.36. The van der Waals surface area contributed by atoms with Gasteiger partial charge in [-0.05, 0) is 72.2 Å². The summed E-state index contributed by atoms with van der Waals surface area (Å²) >= 11 is 4.46. The average molecular weight is 608 g/mol. The molecule has 0 saturated carbocycles. The fourth-order valence-corrected chi connectivity index (χ4v) is 4.97. The zero-order chi connectivity index (χ0) is 31.9. The number of anilines is 1. The molecule has 3 rings (SSSR count). The molecule has 9 nitrogen and oxygen atoms in total. The first-order valence-electron chi connectivity index (χ1n) is 14.4. The highest BCUT2D eigenvalue weighted by atomic mass is 32.1. The Morgan fingerprint density at radius 2 is 1.74 bits per heavy atom. The van der Waals surface area contributed by atoms with Crippen LogP contribution in [0.15, 0.2) is 48.5 Å². The SMILES string of the molecule is CCOC(=O)CC(C)N1C(=O)c2cc(C#CC(S)CNC(=O)OC(C)(C)C)ccc2N(C(C)C)C(=O)C1c1ccccc1. The fraction of sp³-hybridized carbons (Fsp3) is 0.455. The van der Waals surface area contributed by atoms with Gasteiger partial charge in [0.15, 0.2) is 0 Å². The topological polar surface area (TPSA) is 105 Å². The predicted octanol–water partition coefficient (Wildman–Crippen LogP) is 5.14. The van der Waals surface area contributed by atoms with Crippen molar-refractivity contribution in [2.75, 3.05) is 18.1 Å². The molecular formula is C33H41N3O6S. The number of carbonyl (C=O) groups is 4. The second-order valence-electron chi connectivity index (χ2n) is 11.6. The normalized spacial score (nSPS) is 16.4. The molecule has 1 heterocycles. The molecule has 3 unspecified atom stereocenters. The summed E-state index contributed by atoms with van der Waals surface area (Å²) in [5.41, 5.74) is 1.32. The summed E-state index contributed by atoms with van der Waals surface area (Å²) in [7, 11) is 0. The Bertz CT molecular complexity index is 1390. The molecule has 0 spiro atoms. The minimum atomic E-state index is -0.955. The zero-order valence-corrected chi connectivity index (χ0v) is 26.7. The average Bonchev–Trinajstić information content (AvgIpc) is 3.02. The van der Waals surface area contributed by atoms with Crippen molar-refractivity contribution in [1.29, 1.82) is 0 Å². The Labute approximate surface area is 259 Å². The Kier molecular flexibility index (Phi) is 11.3. The van der Waals surface area contributed by atoms with Crippen molar-refractivity contribution in [1.82, 2.24) is 10.2 Å². The molecule has 0 fully saturated rings. The number of thiol groups is 1. The second-order valence-corrected chi connectivity index (χ2v) is 12.2. The van der Waals surface area contributed by atoms with Gasteiger partial charge >= 0.3 is 12.1 Å². The third-order valence-corrected chi connectivity index (χ3v) is 6.88. The minimum absolute atomic E-state index is 0.0708. The van der Waals surface area contributed by atoms with Gasteiger partial charge in [0.1, 0.15) is 11.6 Å². The molecular weight excluding hydrogens is 566 g/mol. The van der Waals surface area contributed by atoms with Crippen molar-refractivity contribution in [2.45, 2.75) is 83.9 Å². The van der Waals surface area contributed by atoms with Crippen molar-refractivity contribution in [3.8, 4) is 11.8 Å². The Morgan fingerprint density at radius 1 is 1.07 bits per heavy atom. The molecule has 0 bridgehead atoms. The van der Waals surface area contributed by atoms with E-state index in [9.17, 15) is 19.2 Å². The van der Waals surface area contributed by atoms with E-state index >= 15 is 0 Å². The Balaban J connectivity index is 2.02. The van der Waals surface area contributed by atoms with Crippen LogP contribution in [-0.4, -0.2) is 64.9 Å². The first kappa shape index (κ1) is 33.5. The Morgan fingerprint density at radius 3 is 2.35 bits per heavy atom. The van der Waals surface area contributed by atoms with Crippen LogP contribution in [0, 0.1) is 11.8 Å². The first-order chi connectivity index (χ1) is 20.2. The van der Waals surface area contributed by atoms with Crippen molar-refractivity contribution in [3.05, 3.63) is 65.2 Å². The van der Waals surface area contributed by atoms with Gasteiger partial charge in [0, 0.05) is 24.2 Å². The number of fused-ring (bicyclic) bond motifs is 1. The maximum atomic E-state index is 14.4. The van der Waals surface area contributed by atoms with Crippen LogP contribution in [0.5, 0.6) is 0 Å². The lowest BCUT2D eigenvalue weighted by Crippen LogP contribution is -2.48. The summed E-state index contributed by atoms with van der Waals surface area (Å²) < 4.78 is 10.4. The summed E-state index contributed by atoms with van der Waals surface area (Å²) in [6.07, 6.45) is -0.633. The van der Waals surface area contributed by atoms with Gasteiger partial charge in [-0.3, -0.25) is 14.4 Å². The van der Waals surface area contributed by atoms with Crippen molar-refractivity contribution < 1.29 is 28.7 Å². The van der Waals surface area contributed by atoms with Gasteiger partial charge < -0.3 is 24.6 Å².